The largest absolute Gasteiger partial charge is 0.338 e. The van der Waals surface area contributed by atoms with Crippen molar-refractivity contribution < 1.29 is 4.79 Å². The Morgan fingerprint density at radius 1 is 1.04 bits per heavy atom. The number of nitrogens with zero attached hydrogens (tertiary/aromatic N) is 4. The standard InChI is InChI=1S/C22H30N4O/c1-2-26-13-9-20(23-26)17-24-14-11-22(12-15-24)10-8-21(27)25(18-22)16-19-6-4-3-5-7-19/h3-7,9,13H,2,8,10-12,14-18H2,1H3. The molecule has 0 aliphatic carbocycles. The lowest BCUT2D eigenvalue weighted by Crippen LogP contribution is -2.51. The Morgan fingerprint density at radius 2 is 1.81 bits per heavy atom. The zero-order chi connectivity index (χ0) is 18.7. The molecule has 2 fully saturated rings. The normalized spacial score (nSPS) is 20.3. The molecule has 3 heterocycles. The van der Waals surface area contributed by atoms with Crippen LogP contribution < -0.4 is 0 Å². The van der Waals surface area contributed by atoms with Gasteiger partial charge in [-0.15, -0.1) is 0 Å². The first-order valence-electron chi connectivity index (χ1n) is 10.2. The smallest absolute Gasteiger partial charge is 0.222 e. The van der Waals surface area contributed by atoms with Gasteiger partial charge >= 0.3 is 0 Å². The molecule has 0 radical (unpaired) electrons. The van der Waals surface area contributed by atoms with Crippen LogP contribution in [0.1, 0.15) is 43.9 Å². The third-order valence-electron chi connectivity index (χ3n) is 6.29. The van der Waals surface area contributed by atoms with Crippen molar-refractivity contribution in [3.05, 3.63) is 53.9 Å². The first-order chi connectivity index (χ1) is 13.2. The SMILES string of the molecule is CCn1ccc(CN2CCC3(CCC(=O)N(Cc4ccccc4)C3)CC2)n1. The third-order valence-corrected chi connectivity index (χ3v) is 6.29. The van der Waals surface area contributed by atoms with Crippen LogP contribution >= 0.6 is 0 Å². The molecule has 4 rings (SSSR count). The van der Waals surface area contributed by atoms with E-state index in [9.17, 15) is 4.79 Å². The van der Waals surface area contributed by atoms with E-state index < -0.39 is 0 Å². The molecular weight excluding hydrogens is 336 g/mol. The van der Waals surface area contributed by atoms with Crippen LogP contribution in [0.15, 0.2) is 42.6 Å². The number of hydrogen-bond donors (Lipinski definition) is 0. The van der Waals surface area contributed by atoms with Gasteiger partial charge in [-0.25, -0.2) is 0 Å². The number of aromatic nitrogens is 2. The molecule has 2 aliphatic heterocycles. The van der Waals surface area contributed by atoms with Crippen LogP contribution in [0, 0.1) is 5.41 Å². The first-order valence-corrected chi connectivity index (χ1v) is 10.2. The zero-order valence-electron chi connectivity index (χ0n) is 16.3. The Morgan fingerprint density at radius 3 is 2.52 bits per heavy atom. The predicted octanol–water partition coefficient (Wildman–Crippen LogP) is 3.31. The van der Waals surface area contributed by atoms with E-state index in [0.717, 1.165) is 51.4 Å². The van der Waals surface area contributed by atoms with Gasteiger partial charge in [0.25, 0.3) is 0 Å². The molecule has 1 spiro atoms. The molecule has 5 nitrogen and oxygen atoms in total. The molecule has 144 valence electrons. The second-order valence-corrected chi connectivity index (χ2v) is 8.17. The van der Waals surface area contributed by atoms with Crippen molar-refractivity contribution in [3.8, 4) is 0 Å². The van der Waals surface area contributed by atoms with Crippen molar-refractivity contribution in [1.82, 2.24) is 19.6 Å². The monoisotopic (exact) mass is 366 g/mol. The maximum atomic E-state index is 12.5. The van der Waals surface area contributed by atoms with Crippen LogP contribution in [0.25, 0.3) is 0 Å². The number of carbonyl (C=O) groups is 1. The van der Waals surface area contributed by atoms with Gasteiger partial charge in [0.15, 0.2) is 0 Å². The first kappa shape index (κ1) is 18.2. The van der Waals surface area contributed by atoms with Crippen LogP contribution in [-0.2, 0) is 24.4 Å². The van der Waals surface area contributed by atoms with E-state index in [1.807, 2.05) is 10.7 Å². The lowest BCUT2D eigenvalue weighted by atomic mass is 9.72. The fourth-order valence-corrected chi connectivity index (χ4v) is 4.54. The summed E-state index contributed by atoms with van der Waals surface area (Å²) in [5, 5.41) is 4.62. The minimum atomic E-state index is 0.308. The van der Waals surface area contributed by atoms with Crippen molar-refractivity contribution in [1.29, 1.82) is 0 Å². The second-order valence-electron chi connectivity index (χ2n) is 8.17. The number of hydrogen-bond acceptors (Lipinski definition) is 3. The zero-order valence-corrected chi connectivity index (χ0v) is 16.3. The van der Waals surface area contributed by atoms with Gasteiger partial charge in [-0.05, 0) is 56.3 Å². The molecule has 0 N–H and O–H groups in total. The number of piperidine rings is 2. The Balaban J connectivity index is 1.34. The van der Waals surface area contributed by atoms with Crippen molar-refractivity contribution in [2.24, 2.45) is 5.41 Å². The number of likely N-dealkylation sites (tertiary alicyclic amines) is 2. The average molecular weight is 367 g/mol. The van der Waals surface area contributed by atoms with Crippen LogP contribution in [0.3, 0.4) is 0 Å². The lowest BCUT2D eigenvalue weighted by Gasteiger charge is -2.47. The summed E-state index contributed by atoms with van der Waals surface area (Å²) in [5.74, 6) is 0.317. The molecule has 1 aromatic heterocycles. The van der Waals surface area contributed by atoms with Gasteiger partial charge in [0, 0.05) is 38.8 Å². The second kappa shape index (κ2) is 7.85. The van der Waals surface area contributed by atoms with Gasteiger partial charge in [0.2, 0.25) is 5.91 Å². The molecule has 2 aliphatic rings. The highest BCUT2D eigenvalue weighted by Gasteiger charge is 2.40. The van der Waals surface area contributed by atoms with Crippen molar-refractivity contribution in [2.75, 3.05) is 19.6 Å². The Bertz CT molecular complexity index is 762. The van der Waals surface area contributed by atoms with E-state index in [-0.39, 0.29) is 0 Å². The Labute approximate surface area is 162 Å². The lowest BCUT2D eigenvalue weighted by molar-refractivity contribution is -0.140. The van der Waals surface area contributed by atoms with E-state index in [4.69, 9.17) is 0 Å². The van der Waals surface area contributed by atoms with Gasteiger partial charge in [-0.1, -0.05) is 30.3 Å². The highest BCUT2D eigenvalue weighted by Crippen LogP contribution is 2.40. The van der Waals surface area contributed by atoms with Crippen molar-refractivity contribution in [3.63, 3.8) is 0 Å². The maximum absolute atomic E-state index is 12.5. The number of carbonyl (C=O) groups excluding carboxylic acids is 1. The van der Waals surface area contributed by atoms with E-state index >= 15 is 0 Å². The summed E-state index contributed by atoms with van der Waals surface area (Å²) >= 11 is 0. The van der Waals surface area contributed by atoms with E-state index in [1.54, 1.807) is 0 Å². The number of rotatable bonds is 5. The van der Waals surface area contributed by atoms with Gasteiger partial charge in [0.05, 0.1) is 5.69 Å². The van der Waals surface area contributed by atoms with Crippen LogP contribution in [0.4, 0.5) is 0 Å². The van der Waals surface area contributed by atoms with Crippen LogP contribution in [-0.4, -0.2) is 45.1 Å². The van der Waals surface area contributed by atoms with Crippen LogP contribution in [0.5, 0.6) is 0 Å². The fourth-order valence-electron chi connectivity index (χ4n) is 4.54. The molecule has 0 saturated carbocycles. The van der Waals surface area contributed by atoms with E-state index in [1.165, 1.54) is 18.4 Å². The quantitative estimate of drug-likeness (QED) is 0.815. The minimum Gasteiger partial charge on any atom is -0.338 e. The molecule has 1 amide bonds. The van der Waals surface area contributed by atoms with Crippen molar-refractivity contribution >= 4 is 5.91 Å². The van der Waals surface area contributed by atoms with Gasteiger partial charge in [-0.2, -0.15) is 5.10 Å². The molecule has 2 aromatic rings. The predicted molar refractivity (Wildman–Crippen MR) is 106 cm³/mol. The fraction of sp³-hybridized carbons (Fsp3) is 0.545. The molecule has 0 unspecified atom stereocenters. The topological polar surface area (TPSA) is 41.4 Å². The van der Waals surface area contributed by atoms with Crippen LogP contribution in [0.2, 0.25) is 0 Å². The summed E-state index contributed by atoms with van der Waals surface area (Å²) in [4.78, 5) is 17.1. The summed E-state index contributed by atoms with van der Waals surface area (Å²) in [5.41, 5.74) is 2.70. The third kappa shape index (κ3) is 4.24. The molecule has 1 aromatic carbocycles. The summed E-state index contributed by atoms with van der Waals surface area (Å²) in [6.07, 6.45) is 6.18. The molecule has 0 atom stereocenters. The summed E-state index contributed by atoms with van der Waals surface area (Å²) in [7, 11) is 0. The Kier molecular flexibility index (Phi) is 5.30. The summed E-state index contributed by atoms with van der Waals surface area (Å²) in [6, 6.07) is 12.5. The highest BCUT2D eigenvalue weighted by atomic mass is 16.2. The molecular formula is C22H30N4O. The molecule has 2 saturated heterocycles. The highest BCUT2D eigenvalue weighted by molar-refractivity contribution is 5.77. The molecule has 27 heavy (non-hydrogen) atoms. The molecule has 0 bridgehead atoms. The molecule has 5 heteroatoms. The van der Waals surface area contributed by atoms with E-state index in [0.29, 0.717) is 17.7 Å². The maximum Gasteiger partial charge on any atom is 0.222 e. The Hall–Kier alpha value is -2.14. The van der Waals surface area contributed by atoms with Gasteiger partial charge in [-0.3, -0.25) is 14.4 Å². The van der Waals surface area contributed by atoms with Gasteiger partial charge < -0.3 is 4.90 Å². The summed E-state index contributed by atoms with van der Waals surface area (Å²) in [6.45, 7) is 7.86. The van der Waals surface area contributed by atoms with Crippen molar-refractivity contribution in [2.45, 2.75) is 52.2 Å². The minimum absolute atomic E-state index is 0.308. The number of benzene rings is 1. The van der Waals surface area contributed by atoms with Gasteiger partial charge in [0.1, 0.15) is 0 Å². The van der Waals surface area contributed by atoms with E-state index in [2.05, 4.69) is 58.4 Å². The average Bonchev–Trinajstić information content (AvgIpc) is 3.15. The number of amides is 1. The number of aryl methyl sites for hydroxylation is 1. The summed E-state index contributed by atoms with van der Waals surface area (Å²) < 4.78 is 2.00.